The smallest absolute Gasteiger partial charge is 0.411 e. The molecule has 2 aromatic rings. The molecule has 4 heterocycles. The normalized spacial score (nSPS) is 24.4. The van der Waals surface area contributed by atoms with Gasteiger partial charge < -0.3 is 4.74 Å². The monoisotopic (exact) mass is 370 g/mol. The molecule has 3 fully saturated rings. The summed E-state index contributed by atoms with van der Waals surface area (Å²) in [6.07, 6.45) is 4.24. The van der Waals surface area contributed by atoms with Crippen LogP contribution in [0, 0.1) is 5.92 Å². The molecule has 1 amide bonds. The van der Waals surface area contributed by atoms with Crippen LogP contribution in [-0.2, 0) is 11.2 Å². The van der Waals surface area contributed by atoms with E-state index in [2.05, 4.69) is 41.4 Å². The summed E-state index contributed by atoms with van der Waals surface area (Å²) in [7, 11) is 0. The van der Waals surface area contributed by atoms with Crippen molar-refractivity contribution in [3.63, 3.8) is 0 Å². The van der Waals surface area contributed by atoms with Crippen molar-refractivity contribution >= 4 is 23.1 Å². The van der Waals surface area contributed by atoms with Gasteiger partial charge in [0.05, 0.1) is 10.6 Å². The van der Waals surface area contributed by atoms with Gasteiger partial charge in [0, 0.05) is 6.54 Å². The molecule has 3 aliphatic heterocycles. The van der Waals surface area contributed by atoms with E-state index >= 15 is 0 Å². The Morgan fingerprint density at radius 3 is 2.65 bits per heavy atom. The molecule has 1 aromatic heterocycles. The third-order valence-corrected chi connectivity index (χ3v) is 6.47. The minimum atomic E-state index is -0.328. The fourth-order valence-electron chi connectivity index (χ4n) is 4.06. The zero-order valence-electron chi connectivity index (χ0n) is 15.2. The SMILES string of the molecule is CCCc1ccc(-c2sccc2NC(=O)OC2CN3CCC2CC3)cc1. The number of nitrogens with zero attached hydrogens (tertiary/aromatic N) is 1. The number of aryl methyl sites for hydroxylation is 1. The van der Waals surface area contributed by atoms with Crippen LogP contribution < -0.4 is 5.32 Å². The first kappa shape index (κ1) is 17.6. The number of piperidine rings is 3. The molecule has 1 atom stereocenters. The van der Waals surface area contributed by atoms with Crippen LogP contribution in [0.5, 0.6) is 0 Å². The maximum atomic E-state index is 12.4. The summed E-state index contributed by atoms with van der Waals surface area (Å²) in [6.45, 7) is 5.37. The fourth-order valence-corrected chi connectivity index (χ4v) is 4.92. The molecule has 1 unspecified atom stereocenters. The highest BCUT2D eigenvalue weighted by atomic mass is 32.1. The number of anilines is 1. The fraction of sp³-hybridized carbons (Fsp3) is 0.476. The third-order valence-electron chi connectivity index (χ3n) is 5.51. The van der Waals surface area contributed by atoms with Crippen LogP contribution in [0.2, 0.25) is 0 Å². The van der Waals surface area contributed by atoms with Gasteiger partial charge in [-0.3, -0.25) is 10.2 Å². The van der Waals surface area contributed by atoms with Crippen LogP contribution in [-0.4, -0.2) is 36.7 Å². The van der Waals surface area contributed by atoms with Gasteiger partial charge in [0.15, 0.2) is 0 Å². The minimum Gasteiger partial charge on any atom is -0.444 e. The van der Waals surface area contributed by atoms with Crippen LogP contribution in [0.25, 0.3) is 10.4 Å². The molecular weight excluding hydrogens is 344 g/mol. The number of carbonyl (C=O) groups excluding carboxylic acids is 1. The molecule has 0 aliphatic carbocycles. The molecule has 0 saturated carbocycles. The van der Waals surface area contributed by atoms with Gasteiger partial charge >= 0.3 is 6.09 Å². The summed E-state index contributed by atoms with van der Waals surface area (Å²) in [4.78, 5) is 15.9. The molecule has 4 nitrogen and oxygen atoms in total. The van der Waals surface area contributed by atoms with Gasteiger partial charge in [-0.1, -0.05) is 37.6 Å². The molecule has 1 N–H and O–H groups in total. The van der Waals surface area contributed by atoms with Crippen LogP contribution in [0.4, 0.5) is 10.5 Å². The number of carbonyl (C=O) groups is 1. The number of amides is 1. The Morgan fingerprint density at radius 1 is 1.23 bits per heavy atom. The summed E-state index contributed by atoms with van der Waals surface area (Å²) in [5.74, 6) is 0.527. The van der Waals surface area contributed by atoms with Gasteiger partial charge in [-0.25, -0.2) is 4.79 Å². The highest BCUT2D eigenvalue weighted by Crippen LogP contribution is 2.35. The van der Waals surface area contributed by atoms with Gasteiger partial charge in [-0.2, -0.15) is 0 Å². The van der Waals surface area contributed by atoms with E-state index in [1.807, 2.05) is 11.4 Å². The Morgan fingerprint density at radius 2 is 2.00 bits per heavy atom. The maximum Gasteiger partial charge on any atom is 0.411 e. The summed E-state index contributed by atoms with van der Waals surface area (Å²) < 4.78 is 5.75. The number of hydrogen-bond donors (Lipinski definition) is 1. The van der Waals surface area contributed by atoms with Crippen molar-refractivity contribution < 1.29 is 9.53 Å². The van der Waals surface area contributed by atoms with Crippen LogP contribution >= 0.6 is 11.3 Å². The van der Waals surface area contributed by atoms with E-state index in [1.54, 1.807) is 11.3 Å². The average molecular weight is 371 g/mol. The zero-order chi connectivity index (χ0) is 17.9. The lowest BCUT2D eigenvalue weighted by Crippen LogP contribution is -2.52. The van der Waals surface area contributed by atoms with E-state index < -0.39 is 0 Å². The lowest BCUT2D eigenvalue weighted by Gasteiger charge is -2.43. The van der Waals surface area contributed by atoms with Crippen molar-refractivity contribution in [3.8, 4) is 10.4 Å². The van der Waals surface area contributed by atoms with Crippen molar-refractivity contribution in [2.24, 2.45) is 5.92 Å². The van der Waals surface area contributed by atoms with E-state index in [-0.39, 0.29) is 12.2 Å². The number of benzene rings is 1. The molecule has 3 aliphatic rings. The first-order valence-electron chi connectivity index (χ1n) is 9.59. The van der Waals surface area contributed by atoms with E-state index in [0.717, 1.165) is 61.4 Å². The zero-order valence-corrected chi connectivity index (χ0v) is 16.1. The molecule has 0 radical (unpaired) electrons. The Kier molecular flexibility index (Phi) is 5.27. The summed E-state index contributed by atoms with van der Waals surface area (Å²) in [6, 6.07) is 10.6. The van der Waals surface area contributed by atoms with Crippen LogP contribution in [0.1, 0.15) is 31.7 Å². The van der Waals surface area contributed by atoms with Gasteiger partial charge in [-0.15, -0.1) is 11.3 Å². The van der Waals surface area contributed by atoms with Crippen LogP contribution in [0.3, 0.4) is 0 Å². The third kappa shape index (κ3) is 3.79. The van der Waals surface area contributed by atoms with Crippen molar-refractivity contribution in [2.45, 2.75) is 38.7 Å². The largest absolute Gasteiger partial charge is 0.444 e. The van der Waals surface area contributed by atoms with E-state index in [4.69, 9.17) is 4.74 Å². The average Bonchev–Trinajstić information content (AvgIpc) is 3.11. The Balaban J connectivity index is 1.41. The lowest BCUT2D eigenvalue weighted by molar-refractivity contribution is -0.0289. The molecule has 138 valence electrons. The molecular formula is C21H26N2O2S. The molecule has 3 saturated heterocycles. The molecule has 1 aromatic carbocycles. The van der Waals surface area contributed by atoms with Crippen molar-refractivity contribution in [1.82, 2.24) is 4.90 Å². The summed E-state index contributed by atoms with van der Waals surface area (Å²) in [5.41, 5.74) is 3.33. The molecule has 2 bridgehead atoms. The number of hydrogen-bond acceptors (Lipinski definition) is 4. The number of ether oxygens (including phenoxy) is 1. The summed E-state index contributed by atoms with van der Waals surface area (Å²) in [5, 5.41) is 4.98. The molecule has 26 heavy (non-hydrogen) atoms. The van der Waals surface area contributed by atoms with Gasteiger partial charge in [-0.05, 0) is 60.8 Å². The number of nitrogens with one attached hydrogen (secondary N) is 1. The van der Waals surface area contributed by atoms with Crippen molar-refractivity contribution in [1.29, 1.82) is 0 Å². The highest BCUT2D eigenvalue weighted by molar-refractivity contribution is 7.14. The van der Waals surface area contributed by atoms with Crippen molar-refractivity contribution in [2.75, 3.05) is 25.0 Å². The summed E-state index contributed by atoms with van der Waals surface area (Å²) >= 11 is 1.64. The second-order valence-electron chi connectivity index (χ2n) is 7.32. The number of thiophene rings is 1. The number of fused-ring (bicyclic) bond motifs is 3. The standard InChI is InChI=1S/C21H26N2O2S/c1-2-3-15-4-6-17(7-5-15)20-18(10-13-26-20)22-21(24)25-19-14-23-11-8-16(19)9-12-23/h4-7,10,13,16,19H,2-3,8-9,11-12,14H2,1H3,(H,22,24). The van der Waals surface area contributed by atoms with E-state index in [1.165, 1.54) is 5.56 Å². The lowest BCUT2D eigenvalue weighted by atomic mass is 9.86. The van der Waals surface area contributed by atoms with Gasteiger partial charge in [0.2, 0.25) is 0 Å². The second-order valence-corrected chi connectivity index (χ2v) is 8.23. The Hall–Kier alpha value is -1.85. The van der Waals surface area contributed by atoms with Gasteiger partial charge in [0.25, 0.3) is 0 Å². The highest BCUT2D eigenvalue weighted by Gasteiger charge is 2.36. The first-order chi connectivity index (χ1) is 12.7. The first-order valence-corrected chi connectivity index (χ1v) is 10.5. The topological polar surface area (TPSA) is 41.6 Å². The van der Waals surface area contributed by atoms with E-state index in [9.17, 15) is 4.79 Å². The minimum absolute atomic E-state index is 0.0351. The second kappa shape index (κ2) is 7.80. The molecule has 0 spiro atoms. The molecule has 5 heteroatoms. The van der Waals surface area contributed by atoms with E-state index in [0.29, 0.717) is 5.92 Å². The van der Waals surface area contributed by atoms with Crippen molar-refractivity contribution in [3.05, 3.63) is 41.3 Å². The predicted molar refractivity (Wildman–Crippen MR) is 107 cm³/mol. The van der Waals surface area contributed by atoms with Crippen LogP contribution in [0.15, 0.2) is 35.7 Å². The Bertz CT molecular complexity index is 748. The predicted octanol–water partition coefficient (Wildman–Crippen LogP) is 5.01. The number of rotatable bonds is 5. The van der Waals surface area contributed by atoms with Gasteiger partial charge in [0.1, 0.15) is 6.10 Å². The Labute approximate surface area is 159 Å². The maximum absolute atomic E-state index is 12.4. The quantitative estimate of drug-likeness (QED) is 0.804. The molecule has 5 rings (SSSR count).